The third-order valence-corrected chi connectivity index (χ3v) is 3.20. The number of rotatable bonds is 2. The summed E-state index contributed by atoms with van der Waals surface area (Å²) in [6.45, 7) is 0. The van der Waals surface area contributed by atoms with Crippen molar-refractivity contribution >= 4 is 11.7 Å². The Hall–Kier alpha value is -1.91. The summed E-state index contributed by atoms with van der Waals surface area (Å²) in [5, 5.41) is 18.8. The summed E-state index contributed by atoms with van der Waals surface area (Å²) in [5.74, 6) is -0.375. The van der Waals surface area contributed by atoms with E-state index in [-0.39, 0.29) is 5.75 Å². The second-order valence-corrected chi connectivity index (χ2v) is 4.16. The molecule has 1 aromatic rings. The van der Waals surface area contributed by atoms with Crippen LogP contribution in [0.5, 0.6) is 11.5 Å². The number of phenolic OH excluding ortho intramolecular Hbond substituents is 1. The molecule has 0 bridgehead atoms. The third-order valence-electron chi connectivity index (χ3n) is 3.20. The highest BCUT2D eigenvalue weighted by Crippen LogP contribution is 2.38. The van der Waals surface area contributed by atoms with E-state index in [0.717, 1.165) is 11.3 Å². The monoisotopic (exact) mass is 237 g/mol. The fourth-order valence-electron chi connectivity index (χ4n) is 2.24. The zero-order valence-corrected chi connectivity index (χ0v) is 9.80. The zero-order chi connectivity index (χ0) is 12.6. The lowest BCUT2D eigenvalue weighted by molar-refractivity contribution is -0.138. The van der Waals surface area contributed by atoms with Gasteiger partial charge in [-0.3, -0.25) is 0 Å². The molecule has 0 radical (unpaired) electrons. The number of phenols is 1. The molecule has 0 aromatic heterocycles. The molecule has 0 saturated carbocycles. The smallest absolute Gasteiger partial charge is 0.326 e. The van der Waals surface area contributed by atoms with Gasteiger partial charge in [0.15, 0.2) is 11.5 Å². The Morgan fingerprint density at radius 1 is 1.53 bits per heavy atom. The lowest BCUT2D eigenvalue weighted by atomic mass is 9.96. The summed E-state index contributed by atoms with van der Waals surface area (Å²) in [7, 11) is 3.21. The molecular formula is C12H15NO4. The molecule has 1 atom stereocenters. The second-order valence-electron chi connectivity index (χ2n) is 4.16. The van der Waals surface area contributed by atoms with Gasteiger partial charge in [-0.05, 0) is 24.5 Å². The molecule has 1 aliphatic heterocycles. The van der Waals surface area contributed by atoms with Crippen LogP contribution in [0.15, 0.2) is 12.1 Å². The number of aromatic hydroxyl groups is 1. The van der Waals surface area contributed by atoms with E-state index in [9.17, 15) is 9.90 Å². The Balaban J connectivity index is 2.44. The standard InChI is InChI=1S/C12H15NO4/c1-13-8(12(15)16)4-3-7-5-10(14)11(17-2)6-9(7)13/h5-6,8,14H,3-4H2,1-2H3,(H,15,16). The molecule has 5 heteroatoms. The number of anilines is 1. The van der Waals surface area contributed by atoms with Crippen molar-refractivity contribution < 1.29 is 19.7 Å². The molecule has 92 valence electrons. The summed E-state index contributed by atoms with van der Waals surface area (Å²) >= 11 is 0. The average Bonchev–Trinajstić information content (AvgIpc) is 2.28. The van der Waals surface area contributed by atoms with Crippen LogP contribution in [-0.2, 0) is 11.2 Å². The van der Waals surface area contributed by atoms with Crippen LogP contribution >= 0.6 is 0 Å². The Kier molecular flexibility index (Phi) is 2.83. The highest BCUT2D eigenvalue weighted by Gasteiger charge is 2.29. The molecule has 2 N–H and O–H groups in total. The molecule has 1 aliphatic rings. The highest BCUT2D eigenvalue weighted by molar-refractivity contribution is 5.80. The van der Waals surface area contributed by atoms with Crippen molar-refractivity contribution in [2.24, 2.45) is 0 Å². The van der Waals surface area contributed by atoms with Gasteiger partial charge in [0.25, 0.3) is 0 Å². The first kappa shape index (κ1) is 11.6. The van der Waals surface area contributed by atoms with Crippen LogP contribution in [-0.4, -0.2) is 36.4 Å². The number of methoxy groups -OCH3 is 1. The summed E-state index contributed by atoms with van der Waals surface area (Å²) < 4.78 is 5.03. The van der Waals surface area contributed by atoms with Crippen molar-refractivity contribution in [1.82, 2.24) is 0 Å². The van der Waals surface area contributed by atoms with Crippen LogP contribution in [0.4, 0.5) is 5.69 Å². The van der Waals surface area contributed by atoms with Crippen molar-refractivity contribution in [3.05, 3.63) is 17.7 Å². The topological polar surface area (TPSA) is 70.0 Å². The van der Waals surface area contributed by atoms with Gasteiger partial charge in [-0.1, -0.05) is 0 Å². The van der Waals surface area contributed by atoms with Gasteiger partial charge in [-0.15, -0.1) is 0 Å². The highest BCUT2D eigenvalue weighted by atomic mass is 16.5. The van der Waals surface area contributed by atoms with E-state index < -0.39 is 12.0 Å². The van der Waals surface area contributed by atoms with Crippen LogP contribution in [0.1, 0.15) is 12.0 Å². The van der Waals surface area contributed by atoms with Gasteiger partial charge in [0.2, 0.25) is 0 Å². The number of aliphatic carboxylic acids is 1. The molecule has 1 heterocycles. The molecular weight excluding hydrogens is 222 g/mol. The number of carbonyl (C=O) groups is 1. The summed E-state index contributed by atoms with van der Waals surface area (Å²) in [5.41, 5.74) is 1.75. The number of ether oxygens (including phenoxy) is 1. The summed E-state index contributed by atoms with van der Waals surface area (Å²) in [6, 6.07) is 2.81. The lowest BCUT2D eigenvalue weighted by Gasteiger charge is -2.33. The van der Waals surface area contributed by atoms with Crippen LogP contribution in [0.3, 0.4) is 0 Å². The lowest BCUT2D eigenvalue weighted by Crippen LogP contribution is -2.41. The Labute approximate surface area is 99.2 Å². The van der Waals surface area contributed by atoms with Crippen LogP contribution in [0.2, 0.25) is 0 Å². The van der Waals surface area contributed by atoms with E-state index in [2.05, 4.69) is 0 Å². The van der Waals surface area contributed by atoms with Gasteiger partial charge < -0.3 is 19.8 Å². The van der Waals surface area contributed by atoms with Gasteiger partial charge in [0.05, 0.1) is 7.11 Å². The molecule has 0 amide bonds. The van der Waals surface area contributed by atoms with Crippen LogP contribution in [0.25, 0.3) is 0 Å². The molecule has 17 heavy (non-hydrogen) atoms. The minimum Gasteiger partial charge on any atom is -0.504 e. The quantitative estimate of drug-likeness (QED) is 0.809. The van der Waals surface area contributed by atoms with Gasteiger partial charge in [0, 0.05) is 18.8 Å². The van der Waals surface area contributed by atoms with E-state index in [1.807, 2.05) is 0 Å². The number of carboxylic acid groups (broad SMARTS) is 1. The molecule has 0 fully saturated rings. The Bertz CT molecular complexity index is 458. The summed E-state index contributed by atoms with van der Waals surface area (Å²) in [4.78, 5) is 12.8. The fourth-order valence-corrected chi connectivity index (χ4v) is 2.24. The maximum atomic E-state index is 11.1. The van der Waals surface area contributed by atoms with E-state index in [1.165, 1.54) is 7.11 Å². The number of hydrogen-bond acceptors (Lipinski definition) is 4. The van der Waals surface area contributed by atoms with Crippen LogP contribution in [0, 0.1) is 0 Å². The molecule has 0 aliphatic carbocycles. The molecule has 0 saturated heterocycles. The molecule has 2 rings (SSSR count). The molecule has 5 nitrogen and oxygen atoms in total. The maximum absolute atomic E-state index is 11.1. The van der Waals surface area contributed by atoms with Gasteiger partial charge >= 0.3 is 5.97 Å². The number of fused-ring (bicyclic) bond motifs is 1. The Morgan fingerprint density at radius 2 is 2.24 bits per heavy atom. The normalized spacial score (nSPS) is 18.7. The molecule has 0 spiro atoms. The van der Waals surface area contributed by atoms with Crippen molar-refractivity contribution in [2.75, 3.05) is 19.1 Å². The van der Waals surface area contributed by atoms with Crippen molar-refractivity contribution in [3.8, 4) is 11.5 Å². The predicted molar refractivity (Wildman–Crippen MR) is 62.8 cm³/mol. The number of hydrogen-bond donors (Lipinski definition) is 2. The van der Waals surface area contributed by atoms with Crippen LogP contribution < -0.4 is 9.64 Å². The minimum atomic E-state index is -0.829. The van der Waals surface area contributed by atoms with E-state index in [0.29, 0.717) is 18.6 Å². The van der Waals surface area contributed by atoms with Crippen molar-refractivity contribution in [2.45, 2.75) is 18.9 Å². The van der Waals surface area contributed by atoms with E-state index in [1.54, 1.807) is 24.1 Å². The molecule has 1 unspecified atom stereocenters. The van der Waals surface area contributed by atoms with Crippen molar-refractivity contribution in [3.63, 3.8) is 0 Å². The number of nitrogens with zero attached hydrogens (tertiary/aromatic N) is 1. The summed E-state index contributed by atoms with van der Waals surface area (Å²) in [6.07, 6.45) is 1.19. The first-order valence-electron chi connectivity index (χ1n) is 5.40. The number of aryl methyl sites for hydroxylation is 1. The largest absolute Gasteiger partial charge is 0.504 e. The predicted octanol–water partition coefficient (Wildman–Crippen LogP) is 1.24. The SMILES string of the molecule is COc1cc2c(cc1O)CCC(C(=O)O)N2C. The van der Waals surface area contributed by atoms with Gasteiger partial charge in [-0.2, -0.15) is 0 Å². The van der Waals surface area contributed by atoms with Gasteiger partial charge in [-0.25, -0.2) is 4.79 Å². The van der Waals surface area contributed by atoms with E-state index >= 15 is 0 Å². The fraction of sp³-hybridized carbons (Fsp3) is 0.417. The first-order valence-corrected chi connectivity index (χ1v) is 5.40. The minimum absolute atomic E-state index is 0.0911. The van der Waals surface area contributed by atoms with E-state index in [4.69, 9.17) is 9.84 Å². The average molecular weight is 237 g/mol. The zero-order valence-electron chi connectivity index (χ0n) is 9.80. The second kappa shape index (κ2) is 4.16. The Morgan fingerprint density at radius 3 is 2.82 bits per heavy atom. The van der Waals surface area contributed by atoms with Gasteiger partial charge in [0.1, 0.15) is 6.04 Å². The maximum Gasteiger partial charge on any atom is 0.326 e. The number of likely N-dealkylation sites (N-methyl/N-ethyl adjacent to an activating group) is 1. The van der Waals surface area contributed by atoms with Crippen molar-refractivity contribution in [1.29, 1.82) is 0 Å². The third kappa shape index (κ3) is 1.88. The number of carboxylic acids is 1. The first-order chi connectivity index (χ1) is 8.04. The number of benzene rings is 1. The molecule has 1 aromatic carbocycles.